The molecule has 0 unspecified atom stereocenters. The summed E-state index contributed by atoms with van der Waals surface area (Å²) < 4.78 is 9.80. The number of Topliss-reactive ketones (excluding diaryl/α,β-unsaturated/α-hetero) is 1. The van der Waals surface area contributed by atoms with Crippen LogP contribution >= 0.6 is 0 Å². The highest BCUT2D eigenvalue weighted by Gasteiger charge is 2.27. The topological polar surface area (TPSA) is 56.5 Å². The van der Waals surface area contributed by atoms with Crippen LogP contribution in [0.25, 0.3) is 0 Å². The van der Waals surface area contributed by atoms with E-state index in [1.807, 2.05) is 0 Å². The van der Waals surface area contributed by atoms with E-state index in [-0.39, 0.29) is 23.2 Å². The Labute approximate surface area is 106 Å². The van der Waals surface area contributed by atoms with Gasteiger partial charge in [-0.05, 0) is 30.9 Å². The Hall–Kier alpha value is -1.58. The minimum Gasteiger partial charge on any atom is -0.463 e. The largest absolute Gasteiger partial charge is 0.463 e. The van der Waals surface area contributed by atoms with Gasteiger partial charge >= 0.3 is 5.97 Å². The first-order chi connectivity index (χ1) is 8.61. The number of ketones is 1. The summed E-state index contributed by atoms with van der Waals surface area (Å²) in [6.45, 7) is 2.21. The highest BCUT2D eigenvalue weighted by molar-refractivity contribution is 5.96. The summed E-state index contributed by atoms with van der Waals surface area (Å²) in [5, 5.41) is 0. The van der Waals surface area contributed by atoms with Gasteiger partial charge in [0.2, 0.25) is 11.5 Å². The molecule has 1 aromatic heterocycles. The third-order valence-electron chi connectivity index (χ3n) is 3.62. The van der Waals surface area contributed by atoms with Gasteiger partial charge < -0.3 is 9.15 Å². The van der Waals surface area contributed by atoms with E-state index in [1.165, 1.54) is 13.2 Å². The van der Waals surface area contributed by atoms with Crippen molar-refractivity contribution in [3.8, 4) is 0 Å². The number of rotatable bonds is 3. The van der Waals surface area contributed by atoms with E-state index in [9.17, 15) is 9.59 Å². The van der Waals surface area contributed by atoms with Gasteiger partial charge in [0, 0.05) is 5.92 Å². The van der Waals surface area contributed by atoms with Crippen LogP contribution in [0.3, 0.4) is 0 Å². The molecule has 0 atom stereocenters. The molecule has 0 saturated heterocycles. The molecule has 1 aliphatic rings. The summed E-state index contributed by atoms with van der Waals surface area (Å²) in [5.41, 5.74) is 0. The second-order valence-electron chi connectivity index (χ2n) is 4.98. The molecule has 1 fully saturated rings. The molecule has 0 aliphatic heterocycles. The molecule has 0 bridgehead atoms. The molecule has 98 valence electrons. The van der Waals surface area contributed by atoms with Gasteiger partial charge in [0.25, 0.3) is 0 Å². The summed E-state index contributed by atoms with van der Waals surface area (Å²) in [6, 6.07) is 3.05. The van der Waals surface area contributed by atoms with Gasteiger partial charge in [-0.3, -0.25) is 4.79 Å². The third kappa shape index (κ3) is 2.63. The molecule has 4 heteroatoms. The Bertz CT molecular complexity index is 438. The fraction of sp³-hybridized carbons (Fsp3) is 0.571. The molecular weight excluding hydrogens is 232 g/mol. The van der Waals surface area contributed by atoms with Crippen molar-refractivity contribution in [2.24, 2.45) is 11.8 Å². The average molecular weight is 250 g/mol. The van der Waals surface area contributed by atoms with Crippen LogP contribution in [0.4, 0.5) is 0 Å². The fourth-order valence-electron chi connectivity index (χ4n) is 2.40. The first-order valence-corrected chi connectivity index (χ1v) is 6.34. The maximum absolute atomic E-state index is 12.2. The third-order valence-corrected chi connectivity index (χ3v) is 3.62. The molecule has 0 N–H and O–H groups in total. The lowest BCUT2D eigenvalue weighted by atomic mass is 9.80. The van der Waals surface area contributed by atoms with Gasteiger partial charge in [-0.1, -0.05) is 19.8 Å². The van der Waals surface area contributed by atoms with Gasteiger partial charge in [0.15, 0.2) is 5.76 Å². The van der Waals surface area contributed by atoms with Gasteiger partial charge in [-0.15, -0.1) is 0 Å². The summed E-state index contributed by atoms with van der Waals surface area (Å²) in [7, 11) is 1.29. The molecular formula is C14H18O4. The number of ether oxygens (including phenoxy) is 1. The highest BCUT2D eigenvalue weighted by Crippen LogP contribution is 2.31. The van der Waals surface area contributed by atoms with Crippen molar-refractivity contribution in [1.29, 1.82) is 0 Å². The Morgan fingerprint density at radius 2 is 1.78 bits per heavy atom. The Kier molecular flexibility index (Phi) is 3.84. The molecule has 0 spiro atoms. The van der Waals surface area contributed by atoms with E-state index in [1.54, 1.807) is 6.07 Å². The van der Waals surface area contributed by atoms with Crippen LogP contribution in [0.15, 0.2) is 16.5 Å². The van der Waals surface area contributed by atoms with Crippen LogP contribution in [0.5, 0.6) is 0 Å². The summed E-state index contributed by atoms with van der Waals surface area (Å²) >= 11 is 0. The van der Waals surface area contributed by atoms with Crippen LogP contribution in [0, 0.1) is 11.8 Å². The summed E-state index contributed by atoms with van der Waals surface area (Å²) in [5.74, 6) is 0.567. The molecule has 0 aromatic carbocycles. The predicted octanol–water partition coefficient (Wildman–Crippen LogP) is 3.08. The van der Waals surface area contributed by atoms with Crippen molar-refractivity contribution in [2.45, 2.75) is 32.6 Å². The van der Waals surface area contributed by atoms with Crippen LogP contribution < -0.4 is 0 Å². The van der Waals surface area contributed by atoms with Crippen LogP contribution in [-0.2, 0) is 4.74 Å². The van der Waals surface area contributed by atoms with E-state index >= 15 is 0 Å². The van der Waals surface area contributed by atoms with Gasteiger partial charge in [-0.25, -0.2) is 4.79 Å². The van der Waals surface area contributed by atoms with Crippen LogP contribution in [-0.4, -0.2) is 18.9 Å². The lowest BCUT2D eigenvalue weighted by Gasteiger charge is -2.24. The van der Waals surface area contributed by atoms with Gasteiger partial charge in [-0.2, -0.15) is 0 Å². The van der Waals surface area contributed by atoms with Crippen molar-refractivity contribution in [3.63, 3.8) is 0 Å². The van der Waals surface area contributed by atoms with Crippen molar-refractivity contribution in [1.82, 2.24) is 0 Å². The first-order valence-electron chi connectivity index (χ1n) is 6.34. The number of carbonyl (C=O) groups excluding carboxylic acids is 2. The number of methoxy groups -OCH3 is 1. The smallest absolute Gasteiger partial charge is 0.373 e. The lowest BCUT2D eigenvalue weighted by Crippen LogP contribution is -2.20. The molecule has 1 aliphatic carbocycles. The van der Waals surface area contributed by atoms with Crippen molar-refractivity contribution in [3.05, 3.63) is 23.7 Å². The van der Waals surface area contributed by atoms with Gasteiger partial charge in [0.1, 0.15) is 0 Å². The zero-order chi connectivity index (χ0) is 13.1. The average Bonchev–Trinajstić information content (AvgIpc) is 2.87. The molecule has 4 nitrogen and oxygen atoms in total. The normalized spacial score (nSPS) is 23.7. The Balaban J connectivity index is 2.05. The van der Waals surface area contributed by atoms with E-state index in [0.29, 0.717) is 5.92 Å². The Morgan fingerprint density at radius 3 is 2.39 bits per heavy atom. The molecule has 0 radical (unpaired) electrons. The van der Waals surface area contributed by atoms with E-state index < -0.39 is 5.97 Å². The first kappa shape index (κ1) is 12.9. The number of esters is 1. The Morgan fingerprint density at radius 1 is 1.17 bits per heavy atom. The van der Waals surface area contributed by atoms with Crippen LogP contribution in [0.2, 0.25) is 0 Å². The van der Waals surface area contributed by atoms with E-state index in [4.69, 9.17) is 4.42 Å². The van der Waals surface area contributed by atoms with E-state index in [0.717, 1.165) is 25.7 Å². The highest BCUT2D eigenvalue weighted by atomic mass is 16.5. The number of carbonyl (C=O) groups is 2. The van der Waals surface area contributed by atoms with Crippen molar-refractivity contribution >= 4 is 11.8 Å². The SMILES string of the molecule is COC(=O)c1ccc(C(=O)C2CCC(C)CC2)o1. The molecule has 18 heavy (non-hydrogen) atoms. The molecule has 2 rings (SSSR count). The molecule has 0 amide bonds. The maximum atomic E-state index is 12.2. The number of hydrogen-bond acceptors (Lipinski definition) is 4. The molecule has 1 saturated carbocycles. The summed E-state index contributed by atoms with van der Waals surface area (Å²) in [4.78, 5) is 23.4. The van der Waals surface area contributed by atoms with Crippen molar-refractivity contribution < 1.29 is 18.7 Å². The maximum Gasteiger partial charge on any atom is 0.373 e. The number of furan rings is 1. The molecule has 1 aromatic rings. The number of hydrogen-bond donors (Lipinski definition) is 0. The van der Waals surface area contributed by atoms with E-state index in [2.05, 4.69) is 11.7 Å². The van der Waals surface area contributed by atoms with Crippen LogP contribution in [0.1, 0.15) is 53.7 Å². The zero-order valence-electron chi connectivity index (χ0n) is 10.8. The second-order valence-corrected chi connectivity index (χ2v) is 4.98. The van der Waals surface area contributed by atoms with Gasteiger partial charge in [0.05, 0.1) is 7.11 Å². The molecule has 1 heterocycles. The predicted molar refractivity (Wildman–Crippen MR) is 65.5 cm³/mol. The lowest BCUT2D eigenvalue weighted by molar-refractivity contribution is 0.0562. The fourth-order valence-corrected chi connectivity index (χ4v) is 2.40. The zero-order valence-corrected chi connectivity index (χ0v) is 10.8. The minimum atomic E-state index is -0.550. The quantitative estimate of drug-likeness (QED) is 0.611. The monoisotopic (exact) mass is 250 g/mol. The second kappa shape index (κ2) is 5.38. The standard InChI is InChI=1S/C14H18O4/c1-9-3-5-10(6-4-9)13(15)11-7-8-12(18-11)14(16)17-2/h7-10H,3-6H2,1-2H3. The minimum absolute atomic E-state index is 0.0112. The van der Waals surface area contributed by atoms with Crippen molar-refractivity contribution in [2.75, 3.05) is 7.11 Å². The summed E-state index contributed by atoms with van der Waals surface area (Å²) in [6.07, 6.45) is 3.99.